The molecule has 0 spiro atoms. The molecule has 0 saturated heterocycles. The summed E-state index contributed by atoms with van der Waals surface area (Å²) < 4.78 is 38.7. The Morgan fingerprint density at radius 3 is 2.50 bits per heavy atom. The highest BCUT2D eigenvalue weighted by Gasteiger charge is 2.18. The van der Waals surface area contributed by atoms with Gasteiger partial charge in [0.1, 0.15) is 5.82 Å². The molecule has 0 fully saturated rings. The van der Waals surface area contributed by atoms with Crippen LogP contribution in [0.4, 0.5) is 4.39 Å². The highest BCUT2D eigenvalue weighted by molar-refractivity contribution is 7.88. The second kappa shape index (κ2) is 9.40. The van der Waals surface area contributed by atoms with E-state index in [1.807, 2.05) is 0 Å². The number of nitrogens with zero attached hydrogens (tertiary/aromatic N) is 2. The molecule has 1 amide bonds. The minimum Gasteiger partial charge on any atom is -0.352 e. The number of benzene rings is 1. The number of rotatable bonds is 9. The van der Waals surface area contributed by atoms with Gasteiger partial charge in [-0.05, 0) is 35.7 Å². The van der Waals surface area contributed by atoms with E-state index in [0.29, 0.717) is 12.1 Å². The van der Waals surface area contributed by atoms with E-state index in [0.717, 1.165) is 11.8 Å². The smallest absolute Gasteiger partial charge is 0.221 e. The summed E-state index contributed by atoms with van der Waals surface area (Å²) in [6.07, 6.45) is 4.64. The number of amides is 1. The van der Waals surface area contributed by atoms with E-state index >= 15 is 0 Å². The number of hydrogen-bond donors (Lipinski definition) is 1. The zero-order valence-electron chi connectivity index (χ0n) is 14.6. The molecule has 8 heteroatoms. The van der Waals surface area contributed by atoms with Gasteiger partial charge in [-0.1, -0.05) is 18.2 Å². The summed E-state index contributed by atoms with van der Waals surface area (Å²) >= 11 is 0. The lowest BCUT2D eigenvalue weighted by molar-refractivity contribution is -0.121. The Morgan fingerprint density at radius 1 is 1.15 bits per heavy atom. The normalized spacial score (nSPS) is 11.5. The van der Waals surface area contributed by atoms with Gasteiger partial charge >= 0.3 is 0 Å². The van der Waals surface area contributed by atoms with Gasteiger partial charge in [0.25, 0.3) is 0 Å². The van der Waals surface area contributed by atoms with Crippen molar-refractivity contribution in [2.45, 2.75) is 19.4 Å². The van der Waals surface area contributed by atoms with Crippen LogP contribution in [0.25, 0.3) is 0 Å². The van der Waals surface area contributed by atoms with Gasteiger partial charge in [-0.25, -0.2) is 17.1 Å². The first-order valence-corrected chi connectivity index (χ1v) is 10.1. The number of aromatic nitrogens is 1. The molecule has 1 aromatic carbocycles. The topological polar surface area (TPSA) is 79.4 Å². The van der Waals surface area contributed by atoms with Crippen LogP contribution in [-0.4, -0.2) is 43.0 Å². The van der Waals surface area contributed by atoms with Crippen LogP contribution in [0, 0.1) is 5.82 Å². The lowest BCUT2D eigenvalue weighted by Crippen LogP contribution is -2.36. The monoisotopic (exact) mass is 379 g/mol. The summed E-state index contributed by atoms with van der Waals surface area (Å²) in [6.45, 7) is 0.530. The zero-order chi connectivity index (χ0) is 19.0. The minimum atomic E-state index is -3.49. The molecular weight excluding hydrogens is 357 g/mol. The molecule has 0 aliphatic heterocycles. The van der Waals surface area contributed by atoms with E-state index in [9.17, 15) is 17.6 Å². The molecule has 1 aromatic heterocycles. The first-order valence-electron chi connectivity index (χ1n) is 8.20. The number of halogens is 1. The SMILES string of the molecule is CS(=O)(=O)N(CCC(=O)NCc1ccncc1)CCc1ccccc1F. The van der Waals surface area contributed by atoms with Crippen molar-refractivity contribution in [3.8, 4) is 0 Å². The van der Waals surface area contributed by atoms with Crippen LogP contribution < -0.4 is 5.32 Å². The van der Waals surface area contributed by atoms with Gasteiger partial charge in [-0.3, -0.25) is 9.78 Å². The third kappa shape index (κ3) is 6.53. The summed E-state index contributed by atoms with van der Waals surface area (Å²) in [5.74, 6) is -0.614. The quantitative estimate of drug-likeness (QED) is 0.720. The first kappa shape index (κ1) is 20.0. The number of hydrogen-bond acceptors (Lipinski definition) is 4. The fraction of sp³-hybridized carbons (Fsp3) is 0.333. The highest BCUT2D eigenvalue weighted by Crippen LogP contribution is 2.10. The first-order chi connectivity index (χ1) is 12.4. The van der Waals surface area contributed by atoms with Gasteiger partial charge in [0.2, 0.25) is 15.9 Å². The predicted molar refractivity (Wildman–Crippen MR) is 97.2 cm³/mol. The Labute approximate surface area is 153 Å². The average molecular weight is 379 g/mol. The van der Waals surface area contributed by atoms with Crippen LogP contribution in [0.2, 0.25) is 0 Å². The molecule has 26 heavy (non-hydrogen) atoms. The summed E-state index contributed by atoms with van der Waals surface area (Å²) in [5.41, 5.74) is 1.36. The molecule has 1 heterocycles. The highest BCUT2D eigenvalue weighted by atomic mass is 32.2. The van der Waals surface area contributed by atoms with Crippen LogP contribution in [0.5, 0.6) is 0 Å². The Bertz CT molecular complexity index is 829. The van der Waals surface area contributed by atoms with Crippen molar-refractivity contribution in [3.05, 3.63) is 65.7 Å². The van der Waals surface area contributed by atoms with E-state index in [1.165, 1.54) is 10.4 Å². The maximum absolute atomic E-state index is 13.7. The van der Waals surface area contributed by atoms with Gasteiger partial charge in [-0.2, -0.15) is 0 Å². The number of sulfonamides is 1. The molecule has 6 nitrogen and oxygen atoms in total. The van der Waals surface area contributed by atoms with Crippen molar-refractivity contribution < 1.29 is 17.6 Å². The third-order valence-electron chi connectivity index (χ3n) is 3.88. The van der Waals surface area contributed by atoms with Crippen molar-refractivity contribution in [1.82, 2.24) is 14.6 Å². The van der Waals surface area contributed by atoms with Crippen LogP contribution >= 0.6 is 0 Å². The molecule has 2 aromatic rings. The fourth-order valence-electron chi connectivity index (χ4n) is 2.41. The second-order valence-electron chi connectivity index (χ2n) is 5.89. The standard InChI is InChI=1S/C18H22FN3O3S/c1-26(24,25)22(12-8-16-4-2-3-5-17(16)19)13-9-18(23)21-14-15-6-10-20-11-7-15/h2-7,10-11H,8-9,12-14H2,1H3,(H,21,23). The van der Waals surface area contributed by atoms with E-state index in [1.54, 1.807) is 42.7 Å². The number of nitrogens with one attached hydrogen (secondary N) is 1. The van der Waals surface area contributed by atoms with Crippen molar-refractivity contribution >= 4 is 15.9 Å². The van der Waals surface area contributed by atoms with Gasteiger partial charge in [-0.15, -0.1) is 0 Å². The molecule has 0 atom stereocenters. The van der Waals surface area contributed by atoms with Crippen LogP contribution in [0.3, 0.4) is 0 Å². The molecule has 140 valence electrons. The molecule has 0 saturated carbocycles. The van der Waals surface area contributed by atoms with E-state index in [4.69, 9.17) is 0 Å². The molecule has 2 rings (SSSR count). The lowest BCUT2D eigenvalue weighted by atomic mass is 10.1. The molecule has 0 aliphatic rings. The maximum Gasteiger partial charge on any atom is 0.221 e. The predicted octanol–water partition coefficient (Wildman–Crippen LogP) is 1.73. The second-order valence-corrected chi connectivity index (χ2v) is 7.87. The van der Waals surface area contributed by atoms with Gasteiger partial charge in [0, 0.05) is 38.4 Å². The van der Waals surface area contributed by atoms with Crippen LogP contribution in [0.15, 0.2) is 48.8 Å². The number of carbonyl (C=O) groups is 1. The molecular formula is C18H22FN3O3S. The zero-order valence-corrected chi connectivity index (χ0v) is 15.4. The van der Waals surface area contributed by atoms with E-state index in [-0.39, 0.29) is 37.7 Å². The Balaban J connectivity index is 1.85. The molecule has 1 N–H and O–H groups in total. The van der Waals surface area contributed by atoms with Gasteiger partial charge in [0.05, 0.1) is 6.26 Å². The van der Waals surface area contributed by atoms with Gasteiger partial charge < -0.3 is 5.32 Å². The molecule has 0 bridgehead atoms. The summed E-state index contributed by atoms with van der Waals surface area (Å²) in [6, 6.07) is 9.83. The summed E-state index contributed by atoms with van der Waals surface area (Å²) in [7, 11) is -3.49. The van der Waals surface area contributed by atoms with E-state index < -0.39 is 10.0 Å². The van der Waals surface area contributed by atoms with Crippen molar-refractivity contribution in [2.75, 3.05) is 19.3 Å². The molecule has 0 unspecified atom stereocenters. The lowest BCUT2D eigenvalue weighted by Gasteiger charge is -2.20. The minimum absolute atomic E-state index is 0.0371. The van der Waals surface area contributed by atoms with Crippen molar-refractivity contribution in [3.63, 3.8) is 0 Å². The van der Waals surface area contributed by atoms with Crippen molar-refractivity contribution in [1.29, 1.82) is 0 Å². The summed E-state index contributed by atoms with van der Waals surface area (Å²) in [4.78, 5) is 15.9. The van der Waals surface area contributed by atoms with Crippen LogP contribution in [-0.2, 0) is 27.8 Å². The Morgan fingerprint density at radius 2 is 1.85 bits per heavy atom. The Kier molecular flexibility index (Phi) is 7.23. The van der Waals surface area contributed by atoms with Crippen LogP contribution in [0.1, 0.15) is 17.5 Å². The maximum atomic E-state index is 13.7. The summed E-state index contributed by atoms with van der Waals surface area (Å²) in [5, 5.41) is 2.74. The number of carbonyl (C=O) groups excluding carboxylic acids is 1. The Hall–Kier alpha value is -2.32. The third-order valence-corrected chi connectivity index (χ3v) is 5.19. The molecule has 0 aliphatic carbocycles. The number of pyridine rings is 1. The largest absolute Gasteiger partial charge is 0.352 e. The van der Waals surface area contributed by atoms with E-state index in [2.05, 4.69) is 10.3 Å². The average Bonchev–Trinajstić information content (AvgIpc) is 2.61. The molecule has 0 radical (unpaired) electrons. The fourth-order valence-corrected chi connectivity index (χ4v) is 3.25. The van der Waals surface area contributed by atoms with Gasteiger partial charge in [0.15, 0.2) is 0 Å². The van der Waals surface area contributed by atoms with Crippen molar-refractivity contribution in [2.24, 2.45) is 0 Å².